The van der Waals surface area contributed by atoms with Gasteiger partial charge in [0.1, 0.15) is 5.69 Å². The first kappa shape index (κ1) is 13.5. The Kier molecular flexibility index (Phi) is 4.10. The second-order valence-corrected chi connectivity index (χ2v) is 4.61. The molecule has 2 rings (SSSR count). The zero-order valence-electron chi connectivity index (χ0n) is 11.7. The Morgan fingerprint density at radius 3 is 2.74 bits per heavy atom. The van der Waals surface area contributed by atoms with Crippen LogP contribution in [0.5, 0.6) is 0 Å². The van der Waals surface area contributed by atoms with E-state index in [1.165, 1.54) is 0 Å². The van der Waals surface area contributed by atoms with Crippen LogP contribution in [-0.4, -0.2) is 20.5 Å². The Morgan fingerprint density at radius 2 is 2.11 bits per heavy atom. The number of rotatable bonds is 5. The molecule has 0 aliphatic rings. The van der Waals surface area contributed by atoms with Crippen molar-refractivity contribution in [3.05, 3.63) is 47.0 Å². The number of Topliss-reactive ketones (excluding diaryl/α,β-unsaturated/α-hetero) is 1. The zero-order chi connectivity index (χ0) is 13.8. The van der Waals surface area contributed by atoms with Crippen molar-refractivity contribution >= 4 is 5.78 Å². The largest absolute Gasteiger partial charge is 0.292 e. The van der Waals surface area contributed by atoms with Crippen LogP contribution in [0.25, 0.3) is 0 Å². The van der Waals surface area contributed by atoms with Crippen molar-refractivity contribution in [2.45, 2.75) is 40.2 Å². The second kappa shape index (κ2) is 5.78. The number of hydrogen-bond donors (Lipinski definition) is 0. The average Bonchev–Trinajstić information content (AvgIpc) is 2.81. The van der Waals surface area contributed by atoms with Gasteiger partial charge in [0.25, 0.3) is 0 Å². The number of aromatic nitrogens is 3. The van der Waals surface area contributed by atoms with Gasteiger partial charge in [-0.05, 0) is 44.0 Å². The number of hydrogen-bond acceptors (Lipinski definition) is 3. The third-order valence-electron chi connectivity index (χ3n) is 3.12. The van der Waals surface area contributed by atoms with Crippen LogP contribution < -0.4 is 0 Å². The molecule has 0 saturated carbocycles. The van der Waals surface area contributed by atoms with E-state index in [2.05, 4.69) is 17.0 Å². The van der Waals surface area contributed by atoms with Crippen LogP contribution in [0.15, 0.2) is 24.4 Å². The van der Waals surface area contributed by atoms with Gasteiger partial charge in [-0.3, -0.25) is 14.5 Å². The van der Waals surface area contributed by atoms with Crippen LogP contribution in [-0.2, 0) is 19.4 Å². The predicted octanol–water partition coefficient (Wildman–Crippen LogP) is 2.59. The van der Waals surface area contributed by atoms with Crippen LogP contribution in [0.2, 0.25) is 0 Å². The van der Waals surface area contributed by atoms with Crippen molar-refractivity contribution in [3.63, 3.8) is 0 Å². The minimum absolute atomic E-state index is 0.0425. The Hall–Kier alpha value is -1.97. The average molecular weight is 257 g/mol. The molecule has 0 unspecified atom stereocenters. The maximum Gasteiger partial charge on any atom is 0.187 e. The summed E-state index contributed by atoms with van der Waals surface area (Å²) in [5.74, 6) is 0.0425. The van der Waals surface area contributed by atoms with E-state index in [0.29, 0.717) is 12.1 Å². The number of carbonyl (C=O) groups is 1. The first-order chi connectivity index (χ1) is 9.13. The van der Waals surface area contributed by atoms with E-state index in [4.69, 9.17) is 0 Å². The Morgan fingerprint density at radius 1 is 1.32 bits per heavy atom. The lowest BCUT2D eigenvalue weighted by atomic mass is 10.1. The summed E-state index contributed by atoms with van der Waals surface area (Å²) in [7, 11) is 0. The first-order valence-electron chi connectivity index (χ1n) is 6.65. The topological polar surface area (TPSA) is 47.8 Å². The molecule has 4 heteroatoms. The molecule has 0 N–H and O–H groups in total. The standard InChI is InChI=1S/C15H19N3O/c1-4-12-9-13(18(5-2)17-12)10-15(19)14-8-11(3)6-7-16-14/h6-9H,4-5,10H2,1-3H3. The number of pyridine rings is 1. The lowest BCUT2D eigenvalue weighted by molar-refractivity contribution is 0.0985. The monoisotopic (exact) mass is 257 g/mol. The molecule has 0 aliphatic carbocycles. The van der Waals surface area contributed by atoms with Gasteiger partial charge in [-0.15, -0.1) is 0 Å². The zero-order valence-corrected chi connectivity index (χ0v) is 11.7. The van der Waals surface area contributed by atoms with E-state index in [1.54, 1.807) is 6.20 Å². The van der Waals surface area contributed by atoms with Crippen molar-refractivity contribution in [3.8, 4) is 0 Å². The highest BCUT2D eigenvalue weighted by atomic mass is 16.1. The summed E-state index contributed by atoms with van der Waals surface area (Å²) >= 11 is 0. The normalized spacial score (nSPS) is 10.7. The van der Waals surface area contributed by atoms with Crippen molar-refractivity contribution in [2.75, 3.05) is 0 Å². The molecule has 2 aromatic heterocycles. The fourth-order valence-electron chi connectivity index (χ4n) is 2.05. The highest BCUT2D eigenvalue weighted by Gasteiger charge is 2.13. The fraction of sp³-hybridized carbons (Fsp3) is 0.400. The van der Waals surface area contributed by atoms with Crippen LogP contribution >= 0.6 is 0 Å². The van der Waals surface area contributed by atoms with E-state index in [0.717, 1.165) is 29.9 Å². The van der Waals surface area contributed by atoms with Crippen molar-refractivity contribution in [1.82, 2.24) is 14.8 Å². The highest BCUT2D eigenvalue weighted by molar-refractivity contribution is 5.95. The number of ketones is 1. The van der Waals surface area contributed by atoms with Crippen molar-refractivity contribution in [1.29, 1.82) is 0 Å². The summed E-state index contributed by atoms with van der Waals surface area (Å²) < 4.78 is 1.90. The molecule has 4 nitrogen and oxygen atoms in total. The van der Waals surface area contributed by atoms with Gasteiger partial charge in [0, 0.05) is 18.4 Å². The van der Waals surface area contributed by atoms with Gasteiger partial charge in [0.05, 0.1) is 12.1 Å². The lowest BCUT2D eigenvalue weighted by Gasteiger charge is -2.04. The number of carbonyl (C=O) groups excluding carboxylic acids is 1. The molecule has 2 heterocycles. The van der Waals surface area contributed by atoms with Gasteiger partial charge in [-0.1, -0.05) is 6.92 Å². The Balaban J connectivity index is 2.21. The van der Waals surface area contributed by atoms with E-state index in [9.17, 15) is 4.79 Å². The lowest BCUT2D eigenvalue weighted by Crippen LogP contribution is -2.11. The molecule has 0 saturated heterocycles. The van der Waals surface area contributed by atoms with E-state index >= 15 is 0 Å². The maximum absolute atomic E-state index is 12.2. The van der Waals surface area contributed by atoms with E-state index in [1.807, 2.05) is 36.7 Å². The summed E-state index contributed by atoms with van der Waals surface area (Å²) in [6.45, 7) is 6.84. The predicted molar refractivity (Wildman–Crippen MR) is 74.3 cm³/mol. The van der Waals surface area contributed by atoms with Crippen molar-refractivity contribution < 1.29 is 4.79 Å². The Bertz CT molecular complexity index is 587. The summed E-state index contributed by atoms with van der Waals surface area (Å²) in [4.78, 5) is 16.4. The molecule has 0 fully saturated rings. The minimum Gasteiger partial charge on any atom is -0.292 e. The van der Waals surface area contributed by atoms with Gasteiger partial charge in [0.15, 0.2) is 5.78 Å². The van der Waals surface area contributed by atoms with Gasteiger partial charge in [0.2, 0.25) is 0 Å². The minimum atomic E-state index is 0.0425. The summed E-state index contributed by atoms with van der Waals surface area (Å²) in [5.41, 5.74) is 3.58. The van der Waals surface area contributed by atoms with E-state index < -0.39 is 0 Å². The van der Waals surface area contributed by atoms with Crippen LogP contribution in [0.3, 0.4) is 0 Å². The molecular formula is C15H19N3O. The van der Waals surface area contributed by atoms with Crippen LogP contribution in [0, 0.1) is 6.92 Å². The second-order valence-electron chi connectivity index (χ2n) is 4.61. The molecule has 0 atom stereocenters. The quantitative estimate of drug-likeness (QED) is 0.773. The smallest absolute Gasteiger partial charge is 0.187 e. The molecule has 19 heavy (non-hydrogen) atoms. The molecular weight excluding hydrogens is 238 g/mol. The summed E-state index contributed by atoms with van der Waals surface area (Å²) in [6, 6.07) is 5.73. The summed E-state index contributed by atoms with van der Waals surface area (Å²) in [6.07, 6.45) is 2.92. The van der Waals surface area contributed by atoms with E-state index in [-0.39, 0.29) is 5.78 Å². The molecule has 0 aromatic carbocycles. The molecule has 0 bridgehead atoms. The van der Waals surface area contributed by atoms with Gasteiger partial charge < -0.3 is 0 Å². The third kappa shape index (κ3) is 3.08. The Labute approximate surface area is 113 Å². The van der Waals surface area contributed by atoms with Crippen molar-refractivity contribution in [2.24, 2.45) is 0 Å². The van der Waals surface area contributed by atoms with Crippen LogP contribution in [0.4, 0.5) is 0 Å². The number of aryl methyl sites for hydroxylation is 3. The van der Waals surface area contributed by atoms with Crippen LogP contribution in [0.1, 0.15) is 41.3 Å². The molecule has 100 valence electrons. The fourth-order valence-corrected chi connectivity index (χ4v) is 2.05. The SMILES string of the molecule is CCc1cc(CC(=O)c2cc(C)ccn2)n(CC)n1. The van der Waals surface area contributed by atoms with Gasteiger partial charge >= 0.3 is 0 Å². The molecule has 0 radical (unpaired) electrons. The highest BCUT2D eigenvalue weighted by Crippen LogP contribution is 2.10. The van der Waals surface area contributed by atoms with Gasteiger partial charge in [-0.25, -0.2) is 0 Å². The molecule has 2 aromatic rings. The third-order valence-corrected chi connectivity index (χ3v) is 3.12. The summed E-state index contributed by atoms with van der Waals surface area (Å²) in [5, 5.41) is 4.46. The molecule has 0 aliphatic heterocycles. The maximum atomic E-state index is 12.2. The molecule has 0 spiro atoms. The first-order valence-corrected chi connectivity index (χ1v) is 6.65. The molecule has 0 amide bonds. The number of nitrogens with zero attached hydrogens (tertiary/aromatic N) is 3. The van der Waals surface area contributed by atoms with Gasteiger partial charge in [-0.2, -0.15) is 5.10 Å².